The van der Waals surface area contributed by atoms with Gasteiger partial charge in [-0.15, -0.1) is 0 Å². The van der Waals surface area contributed by atoms with E-state index in [1.165, 1.54) is 0 Å². The molecule has 3 aromatic rings. The van der Waals surface area contributed by atoms with Crippen LogP contribution in [0.1, 0.15) is 34.6 Å². The van der Waals surface area contributed by atoms with Gasteiger partial charge in [0.25, 0.3) is 0 Å². The van der Waals surface area contributed by atoms with Gasteiger partial charge in [0.1, 0.15) is 5.75 Å². The van der Waals surface area contributed by atoms with Crippen molar-refractivity contribution in [1.29, 1.82) is 0 Å². The Morgan fingerprint density at radius 3 is 1.72 bits per heavy atom. The van der Waals surface area contributed by atoms with Crippen molar-refractivity contribution in [1.82, 2.24) is 0 Å². The van der Waals surface area contributed by atoms with Gasteiger partial charge >= 0.3 is 5.97 Å². The zero-order chi connectivity index (χ0) is 17.6. The summed E-state index contributed by atoms with van der Waals surface area (Å²) in [6.07, 6.45) is 0.307. The second kappa shape index (κ2) is 7.80. The van der Waals surface area contributed by atoms with Gasteiger partial charge in [-0.2, -0.15) is 0 Å². The first-order valence-corrected chi connectivity index (χ1v) is 8.52. The van der Waals surface area contributed by atoms with Crippen molar-refractivity contribution in [2.75, 3.05) is 0 Å². The van der Waals surface area contributed by atoms with Gasteiger partial charge in [-0.05, 0) is 36.1 Å². The summed E-state index contributed by atoms with van der Waals surface area (Å²) in [5.41, 5.74) is 4.19. The summed E-state index contributed by atoms with van der Waals surface area (Å²) >= 11 is 0. The fourth-order valence-electron chi connectivity index (χ4n) is 3.08. The van der Waals surface area contributed by atoms with Crippen LogP contribution in [0.25, 0.3) is 0 Å². The average Bonchev–Trinajstić information content (AvgIpc) is 2.64. The van der Waals surface area contributed by atoms with E-state index in [2.05, 4.69) is 24.3 Å². The van der Waals surface area contributed by atoms with Gasteiger partial charge in [-0.25, -0.2) is 0 Å². The van der Waals surface area contributed by atoms with Crippen LogP contribution in [-0.2, 0) is 4.79 Å². The topological polar surface area (TPSA) is 26.3 Å². The lowest BCUT2D eigenvalue weighted by Crippen LogP contribution is -2.15. The number of carbonyl (C=O) groups excluding carboxylic acids is 1. The lowest BCUT2D eigenvalue weighted by atomic mass is 9.88. The fraction of sp³-hybridized carbons (Fsp3) is 0.174. The number of aryl methyl sites for hydroxylation is 2. The second-order valence-electron chi connectivity index (χ2n) is 6.27. The van der Waals surface area contributed by atoms with Crippen LogP contribution < -0.4 is 4.74 Å². The molecule has 126 valence electrons. The maximum Gasteiger partial charge on any atom is 0.312 e. The molecule has 0 spiro atoms. The Labute approximate surface area is 149 Å². The molecule has 25 heavy (non-hydrogen) atoms. The molecule has 0 aliphatic carbocycles. The molecule has 2 nitrogen and oxygen atoms in total. The number of ether oxygens (including phenoxy) is 1. The van der Waals surface area contributed by atoms with Gasteiger partial charge in [0.05, 0.1) is 6.42 Å². The number of para-hydroxylation sites is 1. The third-order valence-electron chi connectivity index (χ3n) is 4.40. The maximum absolute atomic E-state index is 12.7. The molecule has 0 N–H and O–H groups in total. The molecule has 0 bridgehead atoms. The summed E-state index contributed by atoms with van der Waals surface area (Å²) in [5, 5.41) is 0. The van der Waals surface area contributed by atoms with E-state index in [1.807, 2.05) is 68.4 Å². The Kier molecular flexibility index (Phi) is 5.30. The minimum absolute atomic E-state index is 0.0146. The monoisotopic (exact) mass is 330 g/mol. The summed E-state index contributed by atoms with van der Waals surface area (Å²) in [5.74, 6) is 0.446. The Morgan fingerprint density at radius 2 is 1.24 bits per heavy atom. The van der Waals surface area contributed by atoms with Gasteiger partial charge in [-0.1, -0.05) is 78.9 Å². The van der Waals surface area contributed by atoms with Crippen LogP contribution in [0.4, 0.5) is 0 Å². The normalized spacial score (nSPS) is 10.7. The molecular formula is C23H22O2. The molecule has 0 aromatic heterocycles. The standard InChI is InChI=1S/C23H22O2/c1-17-10-9-11-18(2)23(17)25-22(24)16-21(19-12-5-3-6-13-19)20-14-7-4-8-15-20/h3-15,21H,16H2,1-2H3. The molecule has 0 aliphatic heterocycles. The van der Waals surface area contributed by atoms with Crippen molar-refractivity contribution in [3.8, 4) is 5.75 Å². The van der Waals surface area contributed by atoms with Crippen LogP contribution >= 0.6 is 0 Å². The van der Waals surface area contributed by atoms with E-state index in [4.69, 9.17) is 4.74 Å². The minimum Gasteiger partial charge on any atom is -0.426 e. The third-order valence-corrected chi connectivity index (χ3v) is 4.40. The van der Waals surface area contributed by atoms with E-state index < -0.39 is 0 Å². The lowest BCUT2D eigenvalue weighted by Gasteiger charge is -2.18. The van der Waals surface area contributed by atoms with E-state index in [0.29, 0.717) is 12.2 Å². The molecule has 0 fully saturated rings. The van der Waals surface area contributed by atoms with Crippen LogP contribution in [0.2, 0.25) is 0 Å². The van der Waals surface area contributed by atoms with Crippen molar-refractivity contribution in [2.45, 2.75) is 26.2 Å². The molecular weight excluding hydrogens is 308 g/mol. The number of hydrogen-bond acceptors (Lipinski definition) is 2. The molecule has 2 heteroatoms. The average molecular weight is 330 g/mol. The van der Waals surface area contributed by atoms with Crippen molar-refractivity contribution in [3.63, 3.8) is 0 Å². The summed E-state index contributed by atoms with van der Waals surface area (Å²) in [7, 11) is 0. The zero-order valence-corrected chi connectivity index (χ0v) is 14.6. The number of carbonyl (C=O) groups is 1. The molecule has 0 amide bonds. The number of benzene rings is 3. The first-order valence-electron chi connectivity index (χ1n) is 8.52. The predicted octanol–water partition coefficient (Wildman–Crippen LogP) is 5.43. The Hall–Kier alpha value is -2.87. The SMILES string of the molecule is Cc1cccc(C)c1OC(=O)CC(c1ccccc1)c1ccccc1. The van der Waals surface area contributed by atoms with E-state index in [0.717, 1.165) is 22.3 Å². The van der Waals surface area contributed by atoms with Crippen molar-refractivity contribution < 1.29 is 9.53 Å². The highest BCUT2D eigenvalue weighted by atomic mass is 16.5. The van der Waals surface area contributed by atoms with E-state index in [9.17, 15) is 4.79 Å². The summed E-state index contributed by atoms with van der Waals surface area (Å²) < 4.78 is 5.71. The highest BCUT2D eigenvalue weighted by molar-refractivity contribution is 5.75. The highest BCUT2D eigenvalue weighted by Crippen LogP contribution is 2.29. The maximum atomic E-state index is 12.7. The van der Waals surface area contributed by atoms with Gasteiger partial charge in [-0.3, -0.25) is 4.79 Å². The van der Waals surface area contributed by atoms with Gasteiger partial charge in [0.2, 0.25) is 0 Å². The smallest absolute Gasteiger partial charge is 0.312 e. The van der Waals surface area contributed by atoms with Crippen LogP contribution in [0.15, 0.2) is 78.9 Å². The highest BCUT2D eigenvalue weighted by Gasteiger charge is 2.20. The van der Waals surface area contributed by atoms with Gasteiger partial charge in [0.15, 0.2) is 0 Å². The molecule has 3 rings (SSSR count). The third kappa shape index (κ3) is 4.16. The molecule has 0 atom stereocenters. The molecule has 0 saturated carbocycles. The van der Waals surface area contributed by atoms with E-state index >= 15 is 0 Å². The van der Waals surface area contributed by atoms with Crippen LogP contribution in [0.3, 0.4) is 0 Å². The zero-order valence-electron chi connectivity index (χ0n) is 14.6. The van der Waals surface area contributed by atoms with Gasteiger partial charge in [0, 0.05) is 5.92 Å². The number of hydrogen-bond donors (Lipinski definition) is 0. The van der Waals surface area contributed by atoms with Crippen molar-refractivity contribution >= 4 is 5.97 Å². The molecule has 0 saturated heterocycles. The van der Waals surface area contributed by atoms with Crippen molar-refractivity contribution in [3.05, 3.63) is 101 Å². The number of esters is 1. The quantitative estimate of drug-likeness (QED) is 0.460. The first-order chi connectivity index (χ1) is 12.1. The molecule has 0 unspecified atom stereocenters. The van der Waals surface area contributed by atoms with Crippen LogP contribution in [0, 0.1) is 13.8 Å². The van der Waals surface area contributed by atoms with E-state index in [-0.39, 0.29) is 11.9 Å². The number of rotatable bonds is 5. The van der Waals surface area contributed by atoms with Gasteiger partial charge < -0.3 is 4.74 Å². The Bertz CT molecular complexity index is 779. The summed E-state index contributed by atoms with van der Waals surface area (Å²) in [6, 6.07) is 26.1. The molecule has 0 radical (unpaired) electrons. The fourth-order valence-corrected chi connectivity index (χ4v) is 3.08. The molecule has 0 heterocycles. The lowest BCUT2D eigenvalue weighted by molar-refractivity contribution is -0.134. The first kappa shape index (κ1) is 17.0. The largest absolute Gasteiger partial charge is 0.426 e. The summed E-state index contributed by atoms with van der Waals surface area (Å²) in [6.45, 7) is 3.92. The van der Waals surface area contributed by atoms with Crippen LogP contribution in [-0.4, -0.2) is 5.97 Å². The van der Waals surface area contributed by atoms with E-state index in [1.54, 1.807) is 0 Å². The Balaban J connectivity index is 1.84. The molecule has 3 aromatic carbocycles. The van der Waals surface area contributed by atoms with Crippen LogP contribution in [0.5, 0.6) is 5.75 Å². The minimum atomic E-state index is -0.213. The Morgan fingerprint density at radius 1 is 0.760 bits per heavy atom. The second-order valence-corrected chi connectivity index (χ2v) is 6.27. The molecule has 0 aliphatic rings. The predicted molar refractivity (Wildman–Crippen MR) is 101 cm³/mol. The summed E-state index contributed by atoms with van der Waals surface area (Å²) in [4.78, 5) is 12.7. The van der Waals surface area contributed by atoms with Crippen molar-refractivity contribution in [2.24, 2.45) is 0 Å².